The van der Waals surface area contributed by atoms with E-state index in [2.05, 4.69) is 20.2 Å². The second-order valence-corrected chi connectivity index (χ2v) is 7.83. The van der Waals surface area contributed by atoms with E-state index in [4.69, 9.17) is 9.26 Å². The summed E-state index contributed by atoms with van der Waals surface area (Å²) >= 11 is 0. The number of esters is 1. The van der Waals surface area contributed by atoms with E-state index in [1.165, 1.54) is 13.8 Å². The zero-order valence-corrected chi connectivity index (χ0v) is 17.4. The van der Waals surface area contributed by atoms with Crippen LogP contribution < -0.4 is 10.6 Å². The minimum absolute atomic E-state index is 0.0286. The summed E-state index contributed by atoms with van der Waals surface area (Å²) in [7, 11) is -4.21. The zero-order valence-electron chi connectivity index (χ0n) is 16.6. The van der Waals surface area contributed by atoms with Gasteiger partial charge in [0.15, 0.2) is 16.5 Å². The van der Waals surface area contributed by atoms with Crippen LogP contribution in [0, 0.1) is 13.8 Å². The van der Waals surface area contributed by atoms with Crippen molar-refractivity contribution in [2.45, 2.75) is 39.0 Å². The molecule has 154 valence electrons. The van der Waals surface area contributed by atoms with Crippen molar-refractivity contribution in [3.63, 3.8) is 0 Å². The fraction of sp³-hybridized carbons (Fsp3) is 0.316. The van der Waals surface area contributed by atoms with Gasteiger partial charge in [0.25, 0.3) is 10.0 Å². The first-order chi connectivity index (χ1) is 13.8. The lowest BCUT2D eigenvalue weighted by Gasteiger charge is -2.13. The lowest BCUT2D eigenvalue weighted by Crippen LogP contribution is -2.25. The predicted molar refractivity (Wildman–Crippen MR) is 108 cm³/mol. The van der Waals surface area contributed by atoms with Gasteiger partial charge in [-0.25, -0.2) is 4.79 Å². The fourth-order valence-corrected chi connectivity index (χ4v) is 4.30. The lowest BCUT2D eigenvalue weighted by molar-refractivity contribution is -0.137. The Hall–Kier alpha value is -3.14. The molecule has 0 unspecified atom stereocenters. The van der Waals surface area contributed by atoms with Crippen molar-refractivity contribution in [2.75, 3.05) is 17.2 Å². The number of sulfonamides is 1. The van der Waals surface area contributed by atoms with Gasteiger partial charge in [0.05, 0.1) is 18.0 Å². The van der Waals surface area contributed by atoms with E-state index in [9.17, 15) is 13.2 Å². The third-order valence-electron chi connectivity index (χ3n) is 4.27. The van der Waals surface area contributed by atoms with Gasteiger partial charge in [0, 0.05) is 5.70 Å². The van der Waals surface area contributed by atoms with Crippen LogP contribution in [0.3, 0.4) is 0 Å². The van der Waals surface area contributed by atoms with Crippen molar-refractivity contribution < 1.29 is 22.5 Å². The van der Waals surface area contributed by atoms with Crippen molar-refractivity contribution in [1.82, 2.24) is 5.16 Å². The maximum absolute atomic E-state index is 13.0. The number of carbonyl (C=O) groups is 1. The number of aromatic nitrogens is 1. The van der Waals surface area contributed by atoms with E-state index >= 15 is 0 Å². The van der Waals surface area contributed by atoms with Crippen LogP contribution in [0.2, 0.25) is 0 Å². The number of nitrogens with one attached hydrogen (secondary N) is 2. The minimum atomic E-state index is -4.21. The van der Waals surface area contributed by atoms with Gasteiger partial charge in [0.1, 0.15) is 11.3 Å². The number of ether oxygens (including phenoxy) is 1. The van der Waals surface area contributed by atoms with Gasteiger partial charge >= 0.3 is 5.97 Å². The van der Waals surface area contributed by atoms with Crippen molar-refractivity contribution in [3.05, 3.63) is 47.0 Å². The van der Waals surface area contributed by atoms with E-state index < -0.39 is 16.0 Å². The van der Waals surface area contributed by atoms with Crippen LogP contribution in [-0.4, -0.2) is 32.0 Å². The monoisotopic (exact) mass is 418 g/mol. The van der Waals surface area contributed by atoms with Gasteiger partial charge in [0.2, 0.25) is 0 Å². The highest BCUT2D eigenvalue weighted by atomic mass is 32.2. The van der Waals surface area contributed by atoms with Gasteiger partial charge < -0.3 is 19.9 Å². The maximum atomic E-state index is 13.0. The Bertz CT molecular complexity index is 1100. The number of aryl methyl sites for hydroxylation is 2. The summed E-state index contributed by atoms with van der Waals surface area (Å²) in [5.74, 6) is -0.681. The molecule has 1 aliphatic rings. The number of hydrogen-bond acceptors (Lipinski definition) is 7. The van der Waals surface area contributed by atoms with Crippen molar-refractivity contribution in [1.29, 1.82) is 0 Å². The van der Waals surface area contributed by atoms with E-state index in [0.29, 0.717) is 23.5 Å². The average molecular weight is 418 g/mol. The molecule has 0 fully saturated rings. The third-order valence-corrected chi connectivity index (χ3v) is 5.80. The molecule has 1 aromatic carbocycles. The molecule has 0 atom stereocenters. The Labute approximate surface area is 168 Å². The van der Waals surface area contributed by atoms with Crippen molar-refractivity contribution in [3.8, 4) is 0 Å². The summed E-state index contributed by atoms with van der Waals surface area (Å²) in [4.78, 5) is 12.6. The molecular weight excluding hydrogens is 396 g/mol. The number of anilines is 2. The molecule has 0 aliphatic carbocycles. The van der Waals surface area contributed by atoms with Crippen LogP contribution >= 0.6 is 0 Å². The SMILES string of the molecule is CCOC(=O)C1=C(CC)Nc2ccccc2NC1=NS(=O)(=O)c1c(C)noc1C. The Morgan fingerprint density at radius 3 is 2.38 bits per heavy atom. The number of carbonyl (C=O) groups excluding carboxylic acids is 1. The van der Waals surface area contributed by atoms with Crippen LogP contribution in [-0.2, 0) is 19.6 Å². The van der Waals surface area contributed by atoms with E-state index in [-0.39, 0.29) is 34.4 Å². The Balaban J connectivity index is 2.24. The molecule has 10 heteroatoms. The molecule has 9 nitrogen and oxygen atoms in total. The molecule has 1 aromatic heterocycles. The van der Waals surface area contributed by atoms with Crippen molar-refractivity contribution >= 4 is 33.2 Å². The number of nitrogens with zero attached hydrogens (tertiary/aromatic N) is 2. The number of rotatable bonds is 5. The summed E-state index contributed by atoms with van der Waals surface area (Å²) in [6.07, 6.45) is 0.425. The number of amidine groups is 1. The molecule has 0 saturated carbocycles. The van der Waals surface area contributed by atoms with Gasteiger partial charge in [-0.15, -0.1) is 4.40 Å². The van der Waals surface area contributed by atoms with Crippen molar-refractivity contribution in [2.24, 2.45) is 4.40 Å². The quantitative estimate of drug-likeness (QED) is 0.710. The molecule has 29 heavy (non-hydrogen) atoms. The van der Waals surface area contributed by atoms with Crippen LogP contribution in [0.25, 0.3) is 0 Å². The molecule has 2 N–H and O–H groups in total. The molecule has 0 bridgehead atoms. The van der Waals surface area contributed by atoms with Crippen LogP contribution in [0.1, 0.15) is 31.7 Å². The summed E-state index contributed by atoms with van der Waals surface area (Å²) in [5, 5.41) is 9.84. The van der Waals surface area contributed by atoms with Crippen LogP contribution in [0.5, 0.6) is 0 Å². The van der Waals surface area contributed by atoms with Crippen LogP contribution in [0.15, 0.2) is 49.4 Å². The maximum Gasteiger partial charge on any atom is 0.343 e. The Morgan fingerprint density at radius 2 is 1.83 bits per heavy atom. The van der Waals surface area contributed by atoms with Gasteiger partial charge in [-0.05, 0) is 39.3 Å². The van der Waals surface area contributed by atoms with Gasteiger partial charge in [-0.1, -0.05) is 24.2 Å². The lowest BCUT2D eigenvalue weighted by atomic mass is 10.1. The molecule has 2 heterocycles. The zero-order chi connectivity index (χ0) is 21.2. The van der Waals surface area contributed by atoms with E-state index in [1.54, 1.807) is 19.1 Å². The van der Waals surface area contributed by atoms with Crippen LogP contribution in [0.4, 0.5) is 11.4 Å². The normalized spacial score (nSPS) is 15.4. The number of benzene rings is 1. The summed E-state index contributed by atoms with van der Waals surface area (Å²) in [6, 6.07) is 7.18. The van der Waals surface area contributed by atoms with E-state index in [0.717, 1.165) is 0 Å². The first-order valence-electron chi connectivity index (χ1n) is 9.10. The first-order valence-corrected chi connectivity index (χ1v) is 10.5. The standard InChI is InChI=1S/C19H22N4O5S/c1-5-13-16(19(24)27-6-2)18(21-15-10-8-7-9-14(15)20-13)23-29(25,26)17-11(3)22-28-12(17)4/h7-10,20H,5-6H2,1-4H3,(H,21,23). The first kappa shape index (κ1) is 20.6. The average Bonchev–Trinajstić information content (AvgIpc) is 2.92. The highest BCUT2D eigenvalue weighted by Gasteiger charge is 2.31. The number of para-hydroxylation sites is 2. The highest BCUT2D eigenvalue weighted by Crippen LogP contribution is 2.30. The van der Waals surface area contributed by atoms with Gasteiger partial charge in [-0.2, -0.15) is 8.42 Å². The minimum Gasteiger partial charge on any atom is -0.462 e. The Morgan fingerprint density at radius 1 is 1.17 bits per heavy atom. The second-order valence-electron chi connectivity index (χ2n) is 6.29. The fourth-order valence-electron chi connectivity index (χ4n) is 3.02. The Kier molecular flexibility index (Phi) is 5.73. The molecule has 2 aromatic rings. The molecule has 3 rings (SSSR count). The molecule has 0 saturated heterocycles. The third kappa shape index (κ3) is 4.02. The smallest absolute Gasteiger partial charge is 0.343 e. The molecule has 0 radical (unpaired) electrons. The second kappa shape index (κ2) is 8.08. The molecule has 0 spiro atoms. The highest BCUT2D eigenvalue weighted by molar-refractivity contribution is 7.90. The predicted octanol–water partition coefficient (Wildman–Crippen LogP) is 3.14. The topological polar surface area (TPSA) is 123 Å². The summed E-state index contributed by atoms with van der Waals surface area (Å²) in [6.45, 7) is 6.66. The number of fused-ring (bicyclic) bond motifs is 1. The molecular formula is C19H22N4O5S. The van der Waals surface area contributed by atoms with Gasteiger partial charge in [-0.3, -0.25) is 0 Å². The molecule has 0 amide bonds. The largest absolute Gasteiger partial charge is 0.462 e. The summed E-state index contributed by atoms with van der Waals surface area (Å²) < 4.78 is 40.1. The summed E-state index contributed by atoms with van der Waals surface area (Å²) in [5.41, 5.74) is 1.97. The van der Waals surface area contributed by atoms with E-state index in [1.807, 2.05) is 19.1 Å². The molecule has 1 aliphatic heterocycles. The number of hydrogen-bond donors (Lipinski definition) is 2. The number of allylic oxidation sites excluding steroid dienone is 1.